The predicted octanol–water partition coefficient (Wildman–Crippen LogP) is 3.04. The Morgan fingerprint density at radius 1 is 1.09 bits per heavy atom. The van der Waals surface area contributed by atoms with Crippen molar-refractivity contribution in [3.05, 3.63) is 65.1 Å². The van der Waals surface area contributed by atoms with Crippen molar-refractivity contribution in [2.45, 2.75) is 19.4 Å². The number of hydrogen-bond donors (Lipinski definition) is 0. The summed E-state index contributed by atoms with van der Waals surface area (Å²) in [6, 6.07) is 16.8. The van der Waals surface area contributed by atoms with Crippen LogP contribution < -0.4 is 10.7 Å². The normalized spacial score (nSPS) is 10.8. The van der Waals surface area contributed by atoms with Crippen LogP contribution in [0, 0.1) is 0 Å². The van der Waals surface area contributed by atoms with Gasteiger partial charge in [-0.05, 0) is 30.7 Å². The number of carbonyl (C=O) groups is 1. The molecule has 0 N–H and O–H groups in total. The largest absolute Gasteiger partial charge is 0.419 e. The number of rotatable bonds is 5. The maximum atomic E-state index is 12.2. The van der Waals surface area contributed by atoms with Gasteiger partial charge in [0.25, 0.3) is 0 Å². The Morgan fingerprint density at radius 3 is 2.57 bits per heavy atom. The van der Waals surface area contributed by atoms with Gasteiger partial charge >= 0.3 is 5.76 Å². The first-order valence-corrected chi connectivity index (χ1v) is 7.57. The molecular weight excluding hydrogens is 292 g/mol. The summed E-state index contributed by atoms with van der Waals surface area (Å²) in [5.41, 5.74) is 2.20. The molecule has 5 nitrogen and oxygen atoms in total. The van der Waals surface area contributed by atoms with Crippen LogP contribution in [0.3, 0.4) is 0 Å². The van der Waals surface area contributed by atoms with E-state index >= 15 is 0 Å². The number of oxazole rings is 1. The maximum absolute atomic E-state index is 12.2. The molecule has 0 aliphatic rings. The molecule has 1 amide bonds. The number of benzene rings is 2. The molecule has 0 fully saturated rings. The van der Waals surface area contributed by atoms with E-state index in [0.29, 0.717) is 25.0 Å². The summed E-state index contributed by atoms with van der Waals surface area (Å²) in [5, 5.41) is 0. The minimum Gasteiger partial charge on any atom is -0.408 e. The molecule has 1 aromatic heterocycles. The third-order valence-electron chi connectivity index (χ3n) is 3.86. The standard InChI is InChI=1S/C18H18N2O3/c1-19(14-8-3-2-4-9-14)17(21)12-7-13-20-15-10-5-6-11-16(15)23-18(20)22/h2-6,8-11H,7,12-13H2,1H3. The summed E-state index contributed by atoms with van der Waals surface area (Å²) < 4.78 is 6.76. The van der Waals surface area contributed by atoms with E-state index in [4.69, 9.17) is 4.42 Å². The van der Waals surface area contributed by atoms with Crippen molar-refractivity contribution in [3.63, 3.8) is 0 Å². The summed E-state index contributed by atoms with van der Waals surface area (Å²) in [7, 11) is 1.76. The molecule has 3 aromatic rings. The zero-order valence-corrected chi connectivity index (χ0v) is 12.9. The summed E-state index contributed by atoms with van der Waals surface area (Å²) >= 11 is 0. The van der Waals surface area contributed by atoms with E-state index in [1.807, 2.05) is 48.5 Å². The number of fused-ring (bicyclic) bond motifs is 1. The molecule has 0 unspecified atom stereocenters. The highest BCUT2D eigenvalue weighted by Gasteiger charge is 2.12. The summed E-state index contributed by atoms with van der Waals surface area (Å²) in [5.74, 6) is -0.355. The Bertz CT molecular complexity index is 865. The molecule has 0 spiro atoms. The van der Waals surface area contributed by atoms with Crippen LogP contribution in [0.1, 0.15) is 12.8 Å². The van der Waals surface area contributed by atoms with Gasteiger partial charge in [0, 0.05) is 25.7 Å². The molecular formula is C18H18N2O3. The number of nitrogens with zero attached hydrogens (tertiary/aromatic N) is 2. The van der Waals surface area contributed by atoms with Crippen LogP contribution in [-0.2, 0) is 11.3 Å². The number of carbonyl (C=O) groups excluding carboxylic acids is 1. The SMILES string of the molecule is CN(C(=O)CCCn1c(=O)oc2ccccc21)c1ccccc1. The van der Waals surface area contributed by atoms with Gasteiger partial charge in [0.15, 0.2) is 5.58 Å². The van der Waals surface area contributed by atoms with Gasteiger partial charge in [0.05, 0.1) is 5.52 Å². The number of amides is 1. The first-order chi connectivity index (χ1) is 11.2. The van der Waals surface area contributed by atoms with Crippen LogP contribution >= 0.6 is 0 Å². The number of para-hydroxylation sites is 3. The fourth-order valence-corrected chi connectivity index (χ4v) is 2.58. The third kappa shape index (κ3) is 3.18. The number of anilines is 1. The van der Waals surface area contributed by atoms with Crippen LogP contribution in [0.15, 0.2) is 63.8 Å². The van der Waals surface area contributed by atoms with Gasteiger partial charge in [-0.25, -0.2) is 4.79 Å². The highest BCUT2D eigenvalue weighted by molar-refractivity contribution is 5.92. The van der Waals surface area contributed by atoms with E-state index in [2.05, 4.69) is 0 Å². The molecule has 0 aliphatic heterocycles. The molecule has 118 valence electrons. The summed E-state index contributed by atoms with van der Waals surface area (Å²) in [6.45, 7) is 0.463. The van der Waals surface area contributed by atoms with Crippen LogP contribution in [0.25, 0.3) is 11.1 Å². The van der Waals surface area contributed by atoms with E-state index < -0.39 is 0 Å². The van der Waals surface area contributed by atoms with Gasteiger partial charge in [0.2, 0.25) is 5.91 Å². The monoisotopic (exact) mass is 310 g/mol. The fraction of sp³-hybridized carbons (Fsp3) is 0.222. The van der Waals surface area contributed by atoms with Crippen molar-refractivity contribution in [1.29, 1.82) is 0 Å². The van der Waals surface area contributed by atoms with Crippen molar-refractivity contribution in [2.75, 3.05) is 11.9 Å². The van der Waals surface area contributed by atoms with Gasteiger partial charge in [-0.15, -0.1) is 0 Å². The van der Waals surface area contributed by atoms with Crippen molar-refractivity contribution in [1.82, 2.24) is 4.57 Å². The summed E-state index contributed by atoms with van der Waals surface area (Å²) in [4.78, 5) is 25.7. The Labute approximate surface area is 133 Å². The van der Waals surface area contributed by atoms with Crippen LogP contribution in [0.2, 0.25) is 0 Å². The first-order valence-electron chi connectivity index (χ1n) is 7.57. The van der Waals surface area contributed by atoms with Gasteiger partial charge < -0.3 is 9.32 Å². The van der Waals surface area contributed by atoms with Crippen LogP contribution in [-0.4, -0.2) is 17.5 Å². The summed E-state index contributed by atoms with van der Waals surface area (Å²) in [6.07, 6.45) is 0.955. The zero-order valence-electron chi connectivity index (χ0n) is 12.9. The molecule has 1 heterocycles. The molecule has 0 atom stereocenters. The number of hydrogen-bond acceptors (Lipinski definition) is 3. The van der Waals surface area contributed by atoms with Gasteiger partial charge in [-0.1, -0.05) is 30.3 Å². The topological polar surface area (TPSA) is 55.5 Å². The molecule has 0 saturated heterocycles. The maximum Gasteiger partial charge on any atom is 0.419 e. The smallest absolute Gasteiger partial charge is 0.408 e. The van der Waals surface area contributed by atoms with Crippen molar-refractivity contribution in [3.8, 4) is 0 Å². The average molecular weight is 310 g/mol. The second-order valence-electron chi connectivity index (χ2n) is 5.38. The molecule has 5 heteroatoms. The Hall–Kier alpha value is -2.82. The minimum atomic E-state index is -0.380. The lowest BCUT2D eigenvalue weighted by atomic mass is 10.2. The predicted molar refractivity (Wildman–Crippen MR) is 89.6 cm³/mol. The van der Waals surface area contributed by atoms with E-state index in [-0.39, 0.29) is 11.7 Å². The molecule has 0 radical (unpaired) electrons. The van der Waals surface area contributed by atoms with Crippen molar-refractivity contribution < 1.29 is 9.21 Å². The lowest BCUT2D eigenvalue weighted by molar-refractivity contribution is -0.118. The lowest BCUT2D eigenvalue weighted by Crippen LogP contribution is -2.26. The molecule has 0 bridgehead atoms. The van der Waals surface area contributed by atoms with Crippen LogP contribution in [0.4, 0.5) is 5.69 Å². The molecule has 2 aromatic carbocycles. The third-order valence-corrected chi connectivity index (χ3v) is 3.86. The second-order valence-corrected chi connectivity index (χ2v) is 5.38. The minimum absolute atomic E-state index is 0.0250. The van der Waals surface area contributed by atoms with Gasteiger partial charge in [-0.3, -0.25) is 9.36 Å². The number of aromatic nitrogens is 1. The molecule has 3 rings (SSSR count). The highest BCUT2D eigenvalue weighted by Crippen LogP contribution is 2.15. The number of aryl methyl sites for hydroxylation is 1. The van der Waals surface area contributed by atoms with E-state index in [0.717, 1.165) is 11.2 Å². The zero-order chi connectivity index (χ0) is 16.2. The molecule has 0 aliphatic carbocycles. The Balaban J connectivity index is 1.64. The van der Waals surface area contributed by atoms with Crippen molar-refractivity contribution in [2.24, 2.45) is 0 Å². The van der Waals surface area contributed by atoms with E-state index in [1.54, 1.807) is 22.6 Å². The molecule has 0 saturated carbocycles. The van der Waals surface area contributed by atoms with E-state index in [1.165, 1.54) is 0 Å². The van der Waals surface area contributed by atoms with Gasteiger partial charge in [-0.2, -0.15) is 0 Å². The van der Waals surface area contributed by atoms with E-state index in [9.17, 15) is 9.59 Å². The Morgan fingerprint density at radius 2 is 1.78 bits per heavy atom. The van der Waals surface area contributed by atoms with Gasteiger partial charge in [0.1, 0.15) is 0 Å². The first kappa shape index (κ1) is 15.1. The lowest BCUT2D eigenvalue weighted by Gasteiger charge is -2.17. The molecule has 23 heavy (non-hydrogen) atoms. The fourth-order valence-electron chi connectivity index (χ4n) is 2.58. The highest BCUT2D eigenvalue weighted by atomic mass is 16.4. The average Bonchev–Trinajstić information content (AvgIpc) is 2.90. The second kappa shape index (κ2) is 6.52. The Kier molecular flexibility index (Phi) is 4.28. The van der Waals surface area contributed by atoms with Crippen molar-refractivity contribution >= 4 is 22.7 Å². The quantitative estimate of drug-likeness (QED) is 0.728. The van der Waals surface area contributed by atoms with Crippen LogP contribution in [0.5, 0.6) is 0 Å².